The van der Waals surface area contributed by atoms with Crippen molar-refractivity contribution in [2.24, 2.45) is 11.8 Å². The third kappa shape index (κ3) is 7.04. The highest BCUT2D eigenvalue weighted by Crippen LogP contribution is 2.31. The zero-order valence-corrected chi connectivity index (χ0v) is 20.9. The number of aromatic nitrogens is 2. The molecule has 2 unspecified atom stereocenters. The number of allylic oxidation sites excluding steroid dienone is 2. The highest BCUT2D eigenvalue weighted by molar-refractivity contribution is 5.80. The maximum absolute atomic E-state index is 12.2. The van der Waals surface area contributed by atoms with Crippen LogP contribution in [0.2, 0.25) is 0 Å². The van der Waals surface area contributed by atoms with E-state index in [4.69, 9.17) is 4.74 Å². The molecule has 1 aromatic carbocycles. The predicted molar refractivity (Wildman–Crippen MR) is 138 cm³/mol. The molecule has 2 atom stereocenters. The Hall–Kier alpha value is -2.93. The first kappa shape index (κ1) is 25.2. The molecule has 0 spiro atoms. The molecule has 1 aliphatic carbocycles. The molecule has 7 heteroatoms. The Kier molecular flexibility index (Phi) is 8.74. The summed E-state index contributed by atoms with van der Waals surface area (Å²) in [6, 6.07) is 8.34. The Morgan fingerprint density at radius 3 is 2.49 bits per heavy atom. The fraction of sp³-hybridized carbons (Fsp3) is 0.536. The maximum Gasteiger partial charge on any atom is 0.225 e. The van der Waals surface area contributed by atoms with Crippen molar-refractivity contribution in [1.29, 1.82) is 0 Å². The van der Waals surface area contributed by atoms with Crippen LogP contribution in [0.4, 0.5) is 5.95 Å². The second-order valence-corrected chi connectivity index (χ2v) is 9.81. The molecule has 0 saturated carbocycles. The lowest BCUT2D eigenvalue weighted by Crippen LogP contribution is -2.36. The van der Waals surface area contributed by atoms with E-state index < -0.39 is 6.10 Å². The molecule has 2 N–H and O–H groups in total. The van der Waals surface area contributed by atoms with Gasteiger partial charge in [-0.15, -0.1) is 0 Å². The fourth-order valence-corrected chi connectivity index (χ4v) is 4.70. The van der Waals surface area contributed by atoms with Crippen LogP contribution in [0.25, 0.3) is 5.57 Å². The standard InChI is InChI=1S/C28H38N4O3/c1-3-21-17-30-28(31-18-21)32-14-12-22(13-15-32)19-35-26-10-8-24(9-11-26)23-4-6-25(7-5-23)27(34)29-16-20(2)33/h4,8-11,17-18,20,22,25,33H,3,5-7,12-16,19H2,1-2H3,(H,29,34). The molecule has 1 aliphatic heterocycles. The lowest BCUT2D eigenvalue weighted by molar-refractivity contribution is -0.125. The van der Waals surface area contributed by atoms with Crippen molar-refractivity contribution in [3.63, 3.8) is 0 Å². The van der Waals surface area contributed by atoms with Crippen molar-refractivity contribution in [3.8, 4) is 5.75 Å². The monoisotopic (exact) mass is 478 g/mol. The minimum atomic E-state index is -0.514. The highest BCUT2D eigenvalue weighted by Gasteiger charge is 2.23. The third-order valence-electron chi connectivity index (χ3n) is 7.06. The molecule has 2 aliphatic rings. The molecule has 1 saturated heterocycles. The Balaban J connectivity index is 1.20. The van der Waals surface area contributed by atoms with E-state index in [1.165, 1.54) is 16.7 Å². The highest BCUT2D eigenvalue weighted by atomic mass is 16.5. The number of aliphatic hydroxyl groups excluding tert-OH is 1. The summed E-state index contributed by atoms with van der Waals surface area (Å²) in [5.74, 6) is 2.31. The minimum absolute atomic E-state index is 0.00575. The largest absolute Gasteiger partial charge is 0.493 e. The molecule has 188 valence electrons. The van der Waals surface area contributed by atoms with E-state index in [1.807, 2.05) is 12.4 Å². The van der Waals surface area contributed by atoms with Gasteiger partial charge in [-0.3, -0.25) is 4.79 Å². The lowest BCUT2D eigenvalue weighted by Gasteiger charge is -2.31. The van der Waals surface area contributed by atoms with Gasteiger partial charge < -0.3 is 20.1 Å². The lowest BCUT2D eigenvalue weighted by atomic mass is 9.86. The van der Waals surface area contributed by atoms with Crippen LogP contribution in [-0.2, 0) is 11.2 Å². The minimum Gasteiger partial charge on any atom is -0.493 e. The first-order chi connectivity index (χ1) is 17.0. The van der Waals surface area contributed by atoms with Crippen LogP contribution in [0.3, 0.4) is 0 Å². The number of nitrogens with zero attached hydrogens (tertiary/aromatic N) is 3. The summed E-state index contributed by atoms with van der Waals surface area (Å²) in [6.45, 7) is 6.76. The number of aryl methyl sites for hydroxylation is 1. The molecule has 1 fully saturated rings. The average Bonchev–Trinajstić information content (AvgIpc) is 2.91. The number of amides is 1. The van der Waals surface area contributed by atoms with Gasteiger partial charge in [0.2, 0.25) is 11.9 Å². The van der Waals surface area contributed by atoms with Crippen LogP contribution in [0.1, 0.15) is 57.1 Å². The van der Waals surface area contributed by atoms with E-state index in [0.29, 0.717) is 12.5 Å². The summed E-state index contributed by atoms with van der Waals surface area (Å²) in [4.78, 5) is 23.5. The molecule has 2 aromatic rings. The predicted octanol–water partition coefficient (Wildman–Crippen LogP) is 4.01. The van der Waals surface area contributed by atoms with Crippen LogP contribution in [-0.4, -0.2) is 53.3 Å². The van der Waals surface area contributed by atoms with Crippen LogP contribution in [0.15, 0.2) is 42.7 Å². The normalized spacial score (nSPS) is 19.7. The number of hydrogen-bond donors (Lipinski definition) is 2. The number of carbonyl (C=O) groups is 1. The number of rotatable bonds is 9. The quantitative estimate of drug-likeness (QED) is 0.566. The fourth-order valence-electron chi connectivity index (χ4n) is 4.70. The zero-order chi connectivity index (χ0) is 24.6. The smallest absolute Gasteiger partial charge is 0.225 e. The Labute approximate surface area is 208 Å². The van der Waals surface area contributed by atoms with Crippen LogP contribution in [0, 0.1) is 11.8 Å². The molecular weight excluding hydrogens is 440 g/mol. The van der Waals surface area contributed by atoms with Crippen molar-refractivity contribution < 1.29 is 14.6 Å². The Morgan fingerprint density at radius 2 is 1.89 bits per heavy atom. The summed E-state index contributed by atoms with van der Waals surface area (Å²) in [5, 5.41) is 12.2. The zero-order valence-electron chi connectivity index (χ0n) is 20.9. The second kappa shape index (κ2) is 12.2. The van der Waals surface area contributed by atoms with Crippen molar-refractivity contribution in [2.45, 2.75) is 58.5 Å². The first-order valence-corrected chi connectivity index (χ1v) is 13.0. The van der Waals surface area contributed by atoms with Gasteiger partial charge >= 0.3 is 0 Å². The van der Waals surface area contributed by atoms with Gasteiger partial charge in [0, 0.05) is 37.9 Å². The number of ether oxygens (including phenoxy) is 1. The summed E-state index contributed by atoms with van der Waals surface area (Å²) < 4.78 is 6.11. The van der Waals surface area contributed by atoms with Gasteiger partial charge in [0.1, 0.15) is 5.75 Å². The SMILES string of the molecule is CCc1cnc(N2CCC(COc3ccc(C4=CCC(C(=O)NCC(C)O)CC4)cc3)CC2)nc1. The van der Waals surface area contributed by atoms with Crippen molar-refractivity contribution in [3.05, 3.63) is 53.9 Å². The molecule has 1 aromatic heterocycles. The summed E-state index contributed by atoms with van der Waals surface area (Å²) in [5.41, 5.74) is 3.66. The number of benzene rings is 1. The Morgan fingerprint density at radius 1 is 1.17 bits per heavy atom. The summed E-state index contributed by atoms with van der Waals surface area (Å²) in [7, 11) is 0. The average molecular weight is 479 g/mol. The first-order valence-electron chi connectivity index (χ1n) is 13.0. The second-order valence-electron chi connectivity index (χ2n) is 9.81. The topological polar surface area (TPSA) is 87.6 Å². The van der Waals surface area contributed by atoms with Crippen molar-refractivity contribution in [2.75, 3.05) is 31.1 Å². The van der Waals surface area contributed by atoms with Gasteiger partial charge in [-0.05, 0) is 80.2 Å². The number of aliphatic hydroxyl groups is 1. The van der Waals surface area contributed by atoms with E-state index in [9.17, 15) is 9.90 Å². The molecular formula is C28H38N4O3. The molecule has 35 heavy (non-hydrogen) atoms. The van der Waals surface area contributed by atoms with E-state index in [0.717, 1.165) is 69.9 Å². The van der Waals surface area contributed by atoms with Gasteiger partial charge in [0.15, 0.2) is 0 Å². The number of anilines is 1. The molecule has 0 radical (unpaired) electrons. The van der Waals surface area contributed by atoms with Crippen LogP contribution in [0.5, 0.6) is 5.75 Å². The number of nitrogens with one attached hydrogen (secondary N) is 1. The number of hydrogen-bond acceptors (Lipinski definition) is 6. The van der Waals surface area contributed by atoms with E-state index >= 15 is 0 Å². The van der Waals surface area contributed by atoms with E-state index in [2.05, 4.69) is 57.4 Å². The van der Waals surface area contributed by atoms with Gasteiger partial charge in [0.25, 0.3) is 0 Å². The van der Waals surface area contributed by atoms with E-state index in [-0.39, 0.29) is 11.8 Å². The molecule has 7 nitrogen and oxygen atoms in total. The van der Waals surface area contributed by atoms with Crippen molar-refractivity contribution >= 4 is 17.4 Å². The van der Waals surface area contributed by atoms with E-state index in [1.54, 1.807) is 6.92 Å². The number of carbonyl (C=O) groups excluding carboxylic acids is 1. The molecule has 0 bridgehead atoms. The van der Waals surface area contributed by atoms with Gasteiger partial charge in [-0.2, -0.15) is 0 Å². The van der Waals surface area contributed by atoms with Crippen molar-refractivity contribution in [1.82, 2.24) is 15.3 Å². The molecule has 1 amide bonds. The van der Waals surface area contributed by atoms with Crippen LogP contribution < -0.4 is 15.0 Å². The Bertz CT molecular complexity index is 980. The maximum atomic E-state index is 12.2. The summed E-state index contributed by atoms with van der Waals surface area (Å²) >= 11 is 0. The van der Waals surface area contributed by atoms with Crippen LogP contribution >= 0.6 is 0 Å². The summed E-state index contributed by atoms with van der Waals surface area (Å²) in [6.07, 6.45) is 11.1. The number of piperidine rings is 1. The third-order valence-corrected chi connectivity index (χ3v) is 7.06. The van der Waals surface area contributed by atoms with Gasteiger partial charge in [-0.1, -0.05) is 25.1 Å². The van der Waals surface area contributed by atoms with Gasteiger partial charge in [0.05, 0.1) is 12.7 Å². The molecule has 2 heterocycles. The van der Waals surface area contributed by atoms with Gasteiger partial charge in [-0.25, -0.2) is 9.97 Å². The molecule has 4 rings (SSSR count).